The topological polar surface area (TPSA) is 74.8 Å². The van der Waals surface area contributed by atoms with Gasteiger partial charge in [0.05, 0.1) is 5.69 Å². The van der Waals surface area contributed by atoms with Crippen LogP contribution >= 0.6 is 11.6 Å². The van der Waals surface area contributed by atoms with E-state index in [1.54, 1.807) is 12.3 Å². The van der Waals surface area contributed by atoms with Gasteiger partial charge in [-0.1, -0.05) is 11.6 Å². The lowest BCUT2D eigenvalue weighted by atomic mass is 10.2. The molecule has 0 aliphatic rings. The lowest BCUT2D eigenvalue weighted by Crippen LogP contribution is -2.16. The molecule has 0 unspecified atom stereocenters. The van der Waals surface area contributed by atoms with Crippen LogP contribution in [0.4, 0.5) is 5.69 Å². The van der Waals surface area contributed by atoms with Crippen molar-refractivity contribution in [3.05, 3.63) is 57.2 Å². The number of anilines is 1. The molecule has 0 atom stereocenters. The van der Waals surface area contributed by atoms with Gasteiger partial charge in [-0.05, 0) is 24.6 Å². The van der Waals surface area contributed by atoms with Gasteiger partial charge in [-0.15, -0.1) is 0 Å². The molecule has 2 rings (SSSR count). The molecule has 5 nitrogen and oxygen atoms in total. The average molecular weight is 264 g/mol. The fourth-order valence-corrected chi connectivity index (χ4v) is 1.57. The number of aromatic amines is 1. The molecule has 0 aliphatic carbocycles. The molecule has 2 heterocycles. The molecule has 6 heteroatoms. The SMILES string of the molecule is Cc1cnc(Cl)c(NC(=O)c2cc[nH]c(=O)c2)c1. The summed E-state index contributed by atoms with van der Waals surface area (Å²) in [6.45, 7) is 1.84. The molecular formula is C12H10ClN3O2. The number of nitrogens with one attached hydrogen (secondary N) is 2. The Kier molecular flexibility index (Phi) is 3.43. The number of aromatic nitrogens is 2. The summed E-state index contributed by atoms with van der Waals surface area (Å²) in [4.78, 5) is 29.3. The molecule has 0 aliphatic heterocycles. The van der Waals surface area contributed by atoms with E-state index in [0.29, 0.717) is 5.69 Å². The number of nitrogens with zero attached hydrogens (tertiary/aromatic N) is 1. The summed E-state index contributed by atoms with van der Waals surface area (Å²) in [7, 11) is 0. The second kappa shape index (κ2) is 5.01. The Morgan fingerprint density at radius 2 is 2.22 bits per heavy atom. The van der Waals surface area contributed by atoms with Crippen LogP contribution in [0.2, 0.25) is 5.15 Å². The molecule has 2 N–H and O–H groups in total. The largest absolute Gasteiger partial charge is 0.329 e. The molecule has 0 aromatic carbocycles. The molecule has 0 fully saturated rings. The molecule has 92 valence electrons. The van der Waals surface area contributed by atoms with Crippen molar-refractivity contribution in [1.29, 1.82) is 0 Å². The van der Waals surface area contributed by atoms with E-state index in [0.717, 1.165) is 5.56 Å². The fourth-order valence-electron chi connectivity index (χ4n) is 1.42. The van der Waals surface area contributed by atoms with E-state index >= 15 is 0 Å². The van der Waals surface area contributed by atoms with Crippen molar-refractivity contribution in [2.24, 2.45) is 0 Å². The number of halogens is 1. The molecule has 18 heavy (non-hydrogen) atoms. The van der Waals surface area contributed by atoms with Gasteiger partial charge in [0.25, 0.3) is 5.91 Å². The van der Waals surface area contributed by atoms with E-state index in [2.05, 4.69) is 15.3 Å². The lowest BCUT2D eigenvalue weighted by molar-refractivity contribution is 0.102. The molecule has 1 amide bonds. The van der Waals surface area contributed by atoms with Gasteiger partial charge in [0.15, 0.2) is 5.15 Å². The van der Waals surface area contributed by atoms with Crippen LogP contribution in [0.25, 0.3) is 0 Å². The molecule has 0 saturated heterocycles. The van der Waals surface area contributed by atoms with E-state index in [-0.39, 0.29) is 16.3 Å². The highest BCUT2D eigenvalue weighted by atomic mass is 35.5. The fraction of sp³-hybridized carbons (Fsp3) is 0.0833. The van der Waals surface area contributed by atoms with E-state index < -0.39 is 5.91 Å². The first kappa shape index (κ1) is 12.3. The maximum Gasteiger partial charge on any atom is 0.255 e. The lowest BCUT2D eigenvalue weighted by Gasteiger charge is -2.07. The highest BCUT2D eigenvalue weighted by Crippen LogP contribution is 2.20. The van der Waals surface area contributed by atoms with Gasteiger partial charge in [0.2, 0.25) is 5.56 Å². The highest BCUT2D eigenvalue weighted by Gasteiger charge is 2.09. The normalized spacial score (nSPS) is 10.1. The van der Waals surface area contributed by atoms with Crippen LogP contribution < -0.4 is 10.9 Å². The zero-order chi connectivity index (χ0) is 13.1. The molecule has 2 aromatic heterocycles. The molecule has 0 saturated carbocycles. The number of pyridine rings is 2. The minimum atomic E-state index is -0.407. The van der Waals surface area contributed by atoms with Crippen LogP contribution in [-0.2, 0) is 0 Å². The third-order valence-electron chi connectivity index (χ3n) is 2.26. The molecule has 2 aromatic rings. The predicted molar refractivity (Wildman–Crippen MR) is 69.0 cm³/mol. The quantitative estimate of drug-likeness (QED) is 0.814. The smallest absolute Gasteiger partial charge is 0.255 e. The van der Waals surface area contributed by atoms with Gasteiger partial charge >= 0.3 is 0 Å². The van der Waals surface area contributed by atoms with Crippen LogP contribution in [-0.4, -0.2) is 15.9 Å². The second-order valence-electron chi connectivity index (χ2n) is 3.75. The van der Waals surface area contributed by atoms with E-state index in [9.17, 15) is 9.59 Å². The third kappa shape index (κ3) is 2.75. The summed E-state index contributed by atoms with van der Waals surface area (Å²) >= 11 is 5.87. The number of H-pyrrole nitrogens is 1. The van der Waals surface area contributed by atoms with Crippen molar-refractivity contribution >= 4 is 23.2 Å². The van der Waals surface area contributed by atoms with Crippen molar-refractivity contribution < 1.29 is 4.79 Å². The summed E-state index contributed by atoms with van der Waals surface area (Å²) in [6, 6.07) is 4.43. The van der Waals surface area contributed by atoms with Crippen LogP contribution in [0.3, 0.4) is 0 Å². The van der Waals surface area contributed by atoms with Crippen LogP contribution in [0.1, 0.15) is 15.9 Å². The second-order valence-corrected chi connectivity index (χ2v) is 4.10. The summed E-state index contributed by atoms with van der Waals surface area (Å²) in [6.07, 6.45) is 3.01. The maximum atomic E-state index is 11.9. The van der Waals surface area contributed by atoms with Crippen molar-refractivity contribution in [3.63, 3.8) is 0 Å². The Labute approximate surface area is 108 Å². The van der Waals surface area contributed by atoms with Gasteiger partial charge in [0.1, 0.15) is 0 Å². The zero-order valence-electron chi connectivity index (χ0n) is 9.53. The van der Waals surface area contributed by atoms with Gasteiger partial charge in [0, 0.05) is 24.0 Å². The first-order valence-electron chi connectivity index (χ1n) is 5.18. The number of amides is 1. The number of carbonyl (C=O) groups is 1. The van der Waals surface area contributed by atoms with E-state index in [1.165, 1.54) is 18.3 Å². The van der Waals surface area contributed by atoms with Crippen molar-refractivity contribution in [2.75, 3.05) is 5.32 Å². The first-order chi connectivity index (χ1) is 8.56. The molecule has 0 radical (unpaired) electrons. The van der Waals surface area contributed by atoms with Crippen LogP contribution in [0.5, 0.6) is 0 Å². The minimum Gasteiger partial charge on any atom is -0.329 e. The van der Waals surface area contributed by atoms with Crippen LogP contribution in [0.15, 0.2) is 35.4 Å². The Hall–Kier alpha value is -2.14. The van der Waals surface area contributed by atoms with Gasteiger partial charge in [-0.25, -0.2) is 4.98 Å². The highest BCUT2D eigenvalue weighted by molar-refractivity contribution is 6.32. The average Bonchev–Trinajstić information content (AvgIpc) is 2.34. The Morgan fingerprint density at radius 1 is 1.44 bits per heavy atom. The summed E-state index contributed by atoms with van der Waals surface area (Å²) < 4.78 is 0. The molecular weight excluding hydrogens is 254 g/mol. The molecule has 0 spiro atoms. The van der Waals surface area contributed by atoms with Gasteiger partial charge in [-0.3, -0.25) is 9.59 Å². The summed E-state index contributed by atoms with van der Waals surface area (Å²) in [5, 5.41) is 2.82. The number of carbonyl (C=O) groups excluding carboxylic acids is 1. The van der Waals surface area contributed by atoms with Crippen molar-refractivity contribution in [3.8, 4) is 0 Å². The Morgan fingerprint density at radius 3 is 2.94 bits per heavy atom. The number of hydrogen-bond acceptors (Lipinski definition) is 3. The number of aryl methyl sites for hydroxylation is 1. The van der Waals surface area contributed by atoms with Gasteiger partial charge < -0.3 is 10.3 Å². The van der Waals surface area contributed by atoms with E-state index in [1.807, 2.05) is 6.92 Å². The molecule has 0 bridgehead atoms. The minimum absolute atomic E-state index is 0.207. The Balaban J connectivity index is 2.26. The summed E-state index contributed by atoms with van der Waals surface area (Å²) in [5.41, 5.74) is 1.22. The first-order valence-corrected chi connectivity index (χ1v) is 5.56. The summed E-state index contributed by atoms with van der Waals surface area (Å²) in [5.74, 6) is -0.407. The Bertz CT molecular complexity index is 652. The van der Waals surface area contributed by atoms with E-state index in [4.69, 9.17) is 11.6 Å². The van der Waals surface area contributed by atoms with Crippen molar-refractivity contribution in [2.45, 2.75) is 6.92 Å². The van der Waals surface area contributed by atoms with Crippen molar-refractivity contribution in [1.82, 2.24) is 9.97 Å². The predicted octanol–water partition coefficient (Wildman–Crippen LogP) is 1.98. The van der Waals surface area contributed by atoms with Crippen LogP contribution in [0, 0.1) is 6.92 Å². The standard InChI is InChI=1S/C12H10ClN3O2/c1-7-4-9(11(13)15-6-7)16-12(18)8-2-3-14-10(17)5-8/h2-6H,1H3,(H,14,17)(H,16,18). The third-order valence-corrected chi connectivity index (χ3v) is 2.56. The number of rotatable bonds is 2. The maximum absolute atomic E-state index is 11.9. The number of hydrogen-bond donors (Lipinski definition) is 2. The van der Waals surface area contributed by atoms with Gasteiger partial charge in [-0.2, -0.15) is 0 Å². The monoisotopic (exact) mass is 263 g/mol. The zero-order valence-corrected chi connectivity index (χ0v) is 10.3.